The van der Waals surface area contributed by atoms with E-state index in [9.17, 15) is 23.9 Å². The number of ether oxygens (including phenoxy) is 1. The first kappa shape index (κ1) is 17.2. The average molecular weight is 340 g/mol. The lowest BCUT2D eigenvalue weighted by Gasteiger charge is -2.32. The maximum Gasteiger partial charge on any atom is 0.351 e. The first-order valence-corrected chi connectivity index (χ1v) is 7.73. The molecule has 0 bridgehead atoms. The Hall–Kier alpha value is -2.11. The molecule has 1 atom stereocenters. The van der Waals surface area contributed by atoms with Crippen molar-refractivity contribution in [1.29, 1.82) is 5.26 Å². The monoisotopic (exact) mass is 340 g/mol. The molecule has 1 fully saturated rings. The molecule has 2 rings (SSSR count). The zero-order chi connectivity index (χ0) is 17.2. The number of carbonyl (C=O) groups is 1. The van der Waals surface area contributed by atoms with Gasteiger partial charge in [-0.25, -0.2) is 13.6 Å². The fourth-order valence-corrected chi connectivity index (χ4v) is 3.40. The van der Waals surface area contributed by atoms with Crippen molar-refractivity contribution in [2.45, 2.75) is 19.6 Å². The number of thioether (sulfide) groups is 1. The standard InChI is InChI=1S/C15H14F2N2O3S/c1-3-22-14(20)9(7-18)13-19(15(2,21)8-23-13)12-10(16)5-4-6-11(12)17/h4-6,21H,3,8H2,1-2H3. The van der Waals surface area contributed by atoms with Crippen molar-refractivity contribution in [1.82, 2.24) is 0 Å². The third kappa shape index (κ3) is 3.16. The number of halogens is 2. The van der Waals surface area contributed by atoms with Gasteiger partial charge in [0.1, 0.15) is 34.1 Å². The number of aliphatic hydroxyl groups is 1. The van der Waals surface area contributed by atoms with Crippen LogP contribution >= 0.6 is 11.8 Å². The highest BCUT2D eigenvalue weighted by Gasteiger charge is 2.44. The van der Waals surface area contributed by atoms with Gasteiger partial charge in [-0.3, -0.25) is 4.90 Å². The number of anilines is 1. The van der Waals surface area contributed by atoms with Crippen LogP contribution in [-0.4, -0.2) is 29.2 Å². The number of hydrogen-bond donors (Lipinski definition) is 1. The first-order valence-electron chi connectivity index (χ1n) is 6.74. The zero-order valence-corrected chi connectivity index (χ0v) is 13.3. The van der Waals surface area contributed by atoms with Crippen LogP contribution in [0.5, 0.6) is 0 Å². The van der Waals surface area contributed by atoms with Gasteiger partial charge in [0.25, 0.3) is 0 Å². The molecule has 0 aromatic heterocycles. The largest absolute Gasteiger partial charge is 0.462 e. The van der Waals surface area contributed by atoms with Gasteiger partial charge in [0.05, 0.1) is 6.61 Å². The third-order valence-corrected chi connectivity index (χ3v) is 4.48. The van der Waals surface area contributed by atoms with Crippen LogP contribution in [-0.2, 0) is 9.53 Å². The summed E-state index contributed by atoms with van der Waals surface area (Å²) in [5, 5.41) is 19.7. The molecule has 23 heavy (non-hydrogen) atoms. The van der Waals surface area contributed by atoms with E-state index < -0.39 is 34.6 Å². The highest BCUT2D eigenvalue weighted by Crippen LogP contribution is 2.45. The summed E-state index contributed by atoms with van der Waals surface area (Å²) < 4.78 is 33.0. The van der Waals surface area contributed by atoms with Crippen LogP contribution in [0.15, 0.2) is 28.8 Å². The molecule has 8 heteroatoms. The average Bonchev–Trinajstić information content (AvgIpc) is 2.77. The summed E-state index contributed by atoms with van der Waals surface area (Å²) in [6.45, 7) is 2.97. The van der Waals surface area contributed by atoms with Crippen LogP contribution in [0.3, 0.4) is 0 Å². The number of hydrogen-bond acceptors (Lipinski definition) is 6. The second kappa shape index (κ2) is 6.56. The van der Waals surface area contributed by atoms with E-state index in [1.807, 2.05) is 0 Å². The molecule has 1 N–H and O–H groups in total. The molecule has 1 aromatic carbocycles. The van der Waals surface area contributed by atoms with Gasteiger partial charge >= 0.3 is 5.97 Å². The predicted octanol–water partition coefficient (Wildman–Crippen LogP) is 2.52. The Morgan fingerprint density at radius 2 is 2.13 bits per heavy atom. The topological polar surface area (TPSA) is 73.6 Å². The highest BCUT2D eigenvalue weighted by molar-refractivity contribution is 8.03. The summed E-state index contributed by atoms with van der Waals surface area (Å²) >= 11 is 0.955. The van der Waals surface area contributed by atoms with Gasteiger partial charge in [0.15, 0.2) is 5.57 Å². The summed E-state index contributed by atoms with van der Waals surface area (Å²) in [7, 11) is 0. The highest BCUT2D eigenvalue weighted by atomic mass is 32.2. The Morgan fingerprint density at radius 3 is 2.65 bits per heavy atom. The Kier molecular flexibility index (Phi) is 4.92. The Balaban J connectivity index is 2.66. The van der Waals surface area contributed by atoms with E-state index in [1.54, 1.807) is 13.0 Å². The molecule has 0 aliphatic carbocycles. The molecule has 1 aliphatic heterocycles. The molecule has 0 spiro atoms. The van der Waals surface area contributed by atoms with Crippen molar-refractivity contribution < 1.29 is 23.4 Å². The molecular weight excluding hydrogens is 326 g/mol. The molecule has 122 valence electrons. The molecule has 1 aliphatic rings. The quantitative estimate of drug-likeness (QED) is 0.518. The van der Waals surface area contributed by atoms with Gasteiger partial charge in [-0.1, -0.05) is 6.07 Å². The van der Waals surface area contributed by atoms with Crippen molar-refractivity contribution in [3.63, 3.8) is 0 Å². The number of nitrogens with zero attached hydrogens (tertiary/aromatic N) is 2. The van der Waals surface area contributed by atoms with Gasteiger partial charge in [-0.15, -0.1) is 11.8 Å². The molecule has 1 saturated heterocycles. The number of benzene rings is 1. The van der Waals surface area contributed by atoms with Gasteiger partial charge in [-0.2, -0.15) is 5.26 Å². The van der Waals surface area contributed by atoms with Crippen LogP contribution in [0.1, 0.15) is 13.8 Å². The lowest BCUT2D eigenvalue weighted by atomic mass is 10.1. The van der Waals surface area contributed by atoms with Crippen LogP contribution in [0.25, 0.3) is 0 Å². The number of carbonyl (C=O) groups excluding carboxylic acids is 1. The minimum absolute atomic E-state index is 0.0285. The van der Waals surface area contributed by atoms with Crippen molar-refractivity contribution in [2.75, 3.05) is 17.3 Å². The van der Waals surface area contributed by atoms with Crippen LogP contribution in [0.2, 0.25) is 0 Å². The fraction of sp³-hybridized carbons (Fsp3) is 0.333. The molecule has 0 saturated carbocycles. The summed E-state index contributed by atoms with van der Waals surface area (Å²) in [5.41, 5.74) is -2.59. The molecule has 1 heterocycles. The van der Waals surface area contributed by atoms with Gasteiger partial charge in [-0.05, 0) is 26.0 Å². The summed E-state index contributed by atoms with van der Waals surface area (Å²) in [4.78, 5) is 12.8. The van der Waals surface area contributed by atoms with Crippen molar-refractivity contribution in [3.8, 4) is 6.07 Å². The smallest absolute Gasteiger partial charge is 0.351 e. The minimum atomic E-state index is -1.67. The lowest BCUT2D eigenvalue weighted by Crippen LogP contribution is -2.43. The van der Waals surface area contributed by atoms with Gasteiger partial charge in [0, 0.05) is 5.75 Å². The van der Waals surface area contributed by atoms with E-state index in [0.717, 1.165) is 28.8 Å². The van der Waals surface area contributed by atoms with E-state index in [-0.39, 0.29) is 17.4 Å². The summed E-state index contributed by atoms with van der Waals surface area (Å²) in [6, 6.07) is 4.94. The van der Waals surface area contributed by atoms with E-state index in [0.29, 0.717) is 0 Å². The lowest BCUT2D eigenvalue weighted by molar-refractivity contribution is -0.138. The number of rotatable bonds is 3. The second-order valence-electron chi connectivity index (χ2n) is 4.92. The number of esters is 1. The van der Waals surface area contributed by atoms with Crippen molar-refractivity contribution in [3.05, 3.63) is 40.4 Å². The Labute approximate surface area is 136 Å². The molecule has 1 aromatic rings. The molecule has 0 radical (unpaired) electrons. The van der Waals surface area contributed by atoms with Gasteiger partial charge in [0.2, 0.25) is 0 Å². The maximum atomic E-state index is 14.1. The summed E-state index contributed by atoms with van der Waals surface area (Å²) in [6.07, 6.45) is 0. The predicted molar refractivity (Wildman–Crippen MR) is 81.2 cm³/mol. The van der Waals surface area contributed by atoms with E-state index in [2.05, 4.69) is 0 Å². The molecule has 1 unspecified atom stereocenters. The molecule has 0 amide bonds. The number of para-hydroxylation sites is 1. The first-order chi connectivity index (χ1) is 10.8. The Morgan fingerprint density at radius 1 is 1.52 bits per heavy atom. The number of nitriles is 1. The third-order valence-electron chi connectivity index (χ3n) is 3.13. The normalized spacial score (nSPS) is 22.7. The van der Waals surface area contributed by atoms with Crippen molar-refractivity contribution in [2.24, 2.45) is 0 Å². The molecule has 5 nitrogen and oxygen atoms in total. The van der Waals surface area contributed by atoms with Crippen molar-refractivity contribution >= 4 is 23.4 Å². The van der Waals surface area contributed by atoms with Crippen LogP contribution in [0.4, 0.5) is 14.5 Å². The van der Waals surface area contributed by atoms with E-state index in [1.165, 1.54) is 13.0 Å². The van der Waals surface area contributed by atoms with Gasteiger partial charge < -0.3 is 9.84 Å². The summed E-state index contributed by atoms with van der Waals surface area (Å²) in [5.74, 6) is -2.70. The minimum Gasteiger partial charge on any atom is -0.462 e. The SMILES string of the molecule is CCOC(=O)C(C#N)=C1SCC(C)(O)N1c1c(F)cccc1F. The molecular formula is C15H14F2N2O3S. The van der Waals surface area contributed by atoms with Crippen LogP contribution in [0, 0.1) is 23.0 Å². The fourth-order valence-electron chi connectivity index (χ4n) is 2.17. The zero-order valence-electron chi connectivity index (χ0n) is 12.5. The second-order valence-corrected chi connectivity index (χ2v) is 5.89. The Bertz CT molecular complexity index is 693. The van der Waals surface area contributed by atoms with E-state index in [4.69, 9.17) is 4.74 Å². The van der Waals surface area contributed by atoms with Crippen LogP contribution < -0.4 is 4.90 Å². The van der Waals surface area contributed by atoms with E-state index >= 15 is 0 Å². The maximum absolute atomic E-state index is 14.1.